The van der Waals surface area contributed by atoms with Crippen LogP contribution in [-0.4, -0.2) is 30.4 Å². The number of benzene rings is 1. The van der Waals surface area contributed by atoms with Crippen LogP contribution in [-0.2, 0) is 16.1 Å². The smallest absolute Gasteiger partial charge is 0.315 e. The molecule has 0 aromatic heterocycles. The van der Waals surface area contributed by atoms with Gasteiger partial charge in [-0.05, 0) is 43.4 Å². The molecule has 1 saturated carbocycles. The molecule has 1 aromatic carbocycles. The third-order valence-corrected chi connectivity index (χ3v) is 5.01. The molecule has 29 heavy (non-hydrogen) atoms. The quantitative estimate of drug-likeness (QED) is 0.451. The van der Waals surface area contributed by atoms with Crippen LogP contribution in [0.25, 0.3) is 0 Å². The van der Waals surface area contributed by atoms with Crippen molar-refractivity contribution in [1.29, 1.82) is 0 Å². The Morgan fingerprint density at radius 2 is 1.66 bits per heavy atom. The number of hydrogen-bond acceptors (Lipinski definition) is 3. The molecule has 0 heterocycles. The second kappa shape index (κ2) is 12.8. The lowest BCUT2D eigenvalue weighted by Crippen LogP contribution is -2.43. The van der Waals surface area contributed by atoms with Crippen molar-refractivity contribution >= 4 is 23.5 Å². The van der Waals surface area contributed by atoms with E-state index in [0.717, 1.165) is 30.5 Å². The summed E-state index contributed by atoms with van der Waals surface area (Å²) in [7, 11) is 0. The van der Waals surface area contributed by atoms with Crippen molar-refractivity contribution in [2.75, 3.05) is 11.9 Å². The predicted molar refractivity (Wildman–Crippen MR) is 114 cm³/mol. The summed E-state index contributed by atoms with van der Waals surface area (Å²) in [5, 5.41) is 11.5. The molecule has 1 aromatic rings. The first kappa shape index (κ1) is 22.7. The van der Waals surface area contributed by atoms with Gasteiger partial charge in [-0.1, -0.05) is 38.3 Å². The van der Waals surface area contributed by atoms with Crippen LogP contribution in [0.5, 0.6) is 0 Å². The van der Waals surface area contributed by atoms with E-state index >= 15 is 0 Å². The SMILES string of the molecule is CCCC(=O)Nc1ccc(CNC(=O)CCCNC(=O)NC2CCCCC2)cc1. The Morgan fingerprint density at radius 3 is 2.34 bits per heavy atom. The van der Waals surface area contributed by atoms with Crippen LogP contribution in [0.1, 0.15) is 70.3 Å². The van der Waals surface area contributed by atoms with Gasteiger partial charge in [-0.3, -0.25) is 9.59 Å². The molecule has 160 valence electrons. The molecule has 0 bridgehead atoms. The normalized spacial score (nSPS) is 14.1. The summed E-state index contributed by atoms with van der Waals surface area (Å²) in [4.78, 5) is 35.4. The summed E-state index contributed by atoms with van der Waals surface area (Å²) in [5.41, 5.74) is 1.73. The average Bonchev–Trinajstić information content (AvgIpc) is 2.71. The first-order chi connectivity index (χ1) is 14.1. The van der Waals surface area contributed by atoms with Crippen LogP contribution >= 0.6 is 0 Å². The van der Waals surface area contributed by atoms with Gasteiger partial charge < -0.3 is 21.3 Å². The zero-order chi connectivity index (χ0) is 20.9. The Bertz CT molecular complexity index is 655. The highest BCUT2D eigenvalue weighted by Crippen LogP contribution is 2.17. The third kappa shape index (κ3) is 9.45. The van der Waals surface area contributed by atoms with Gasteiger partial charge in [0.25, 0.3) is 0 Å². The molecule has 0 aliphatic heterocycles. The average molecular weight is 403 g/mol. The standard InChI is InChI=1S/C22H34N4O3/c1-2-7-21(28)25-19-13-11-17(12-14-19)16-24-20(27)10-6-15-23-22(29)26-18-8-4-3-5-9-18/h11-14,18H,2-10,15-16H2,1H3,(H,24,27)(H,25,28)(H2,23,26,29). The van der Waals surface area contributed by atoms with Crippen molar-refractivity contribution in [1.82, 2.24) is 16.0 Å². The van der Waals surface area contributed by atoms with Crippen molar-refractivity contribution in [3.05, 3.63) is 29.8 Å². The number of hydrogen-bond donors (Lipinski definition) is 4. The number of carbonyl (C=O) groups excluding carboxylic acids is 3. The molecule has 0 unspecified atom stereocenters. The molecule has 0 radical (unpaired) electrons. The summed E-state index contributed by atoms with van der Waals surface area (Å²) in [5.74, 6) is -0.0330. The largest absolute Gasteiger partial charge is 0.352 e. The summed E-state index contributed by atoms with van der Waals surface area (Å²) in [6.45, 7) is 2.89. The lowest BCUT2D eigenvalue weighted by Gasteiger charge is -2.22. The second-order valence-electron chi connectivity index (χ2n) is 7.61. The van der Waals surface area contributed by atoms with Crippen molar-refractivity contribution in [2.24, 2.45) is 0 Å². The third-order valence-electron chi connectivity index (χ3n) is 5.01. The highest BCUT2D eigenvalue weighted by molar-refractivity contribution is 5.90. The molecule has 7 nitrogen and oxygen atoms in total. The Balaban J connectivity index is 1.56. The molecule has 4 N–H and O–H groups in total. The number of anilines is 1. The molecule has 1 aliphatic rings. The molecule has 1 aliphatic carbocycles. The molecule has 1 fully saturated rings. The van der Waals surface area contributed by atoms with Gasteiger partial charge in [-0.15, -0.1) is 0 Å². The van der Waals surface area contributed by atoms with E-state index in [1.54, 1.807) is 0 Å². The second-order valence-corrected chi connectivity index (χ2v) is 7.61. The number of carbonyl (C=O) groups is 3. The Kier molecular flexibility index (Phi) is 10.0. The van der Waals surface area contributed by atoms with Gasteiger partial charge >= 0.3 is 6.03 Å². The molecular formula is C22H34N4O3. The van der Waals surface area contributed by atoms with E-state index in [1.807, 2.05) is 31.2 Å². The predicted octanol–water partition coefficient (Wildman–Crippen LogP) is 3.45. The molecule has 0 spiro atoms. The Labute approximate surface area is 173 Å². The van der Waals surface area contributed by atoms with Gasteiger partial charge in [0.1, 0.15) is 0 Å². The molecule has 7 heteroatoms. The van der Waals surface area contributed by atoms with Gasteiger partial charge in [-0.25, -0.2) is 4.79 Å². The van der Waals surface area contributed by atoms with E-state index in [4.69, 9.17) is 0 Å². The van der Waals surface area contributed by atoms with E-state index in [2.05, 4.69) is 21.3 Å². The van der Waals surface area contributed by atoms with Gasteiger partial charge in [-0.2, -0.15) is 0 Å². The van der Waals surface area contributed by atoms with Crippen molar-refractivity contribution in [3.63, 3.8) is 0 Å². The molecule has 4 amide bonds. The summed E-state index contributed by atoms with van der Waals surface area (Å²) in [6.07, 6.45) is 8.04. The zero-order valence-corrected chi connectivity index (χ0v) is 17.4. The van der Waals surface area contributed by atoms with E-state index in [0.29, 0.717) is 38.4 Å². The fourth-order valence-corrected chi connectivity index (χ4v) is 3.38. The fourth-order valence-electron chi connectivity index (χ4n) is 3.38. The lowest BCUT2D eigenvalue weighted by atomic mass is 9.96. The Morgan fingerprint density at radius 1 is 0.931 bits per heavy atom. The monoisotopic (exact) mass is 402 g/mol. The number of amides is 4. The van der Waals surface area contributed by atoms with Crippen LogP contribution in [0.3, 0.4) is 0 Å². The first-order valence-corrected chi connectivity index (χ1v) is 10.8. The van der Waals surface area contributed by atoms with E-state index in [-0.39, 0.29) is 17.8 Å². The van der Waals surface area contributed by atoms with Crippen molar-refractivity contribution in [2.45, 2.75) is 77.3 Å². The van der Waals surface area contributed by atoms with E-state index in [9.17, 15) is 14.4 Å². The topological polar surface area (TPSA) is 99.3 Å². The van der Waals surface area contributed by atoms with Crippen LogP contribution in [0.4, 0.5) is 10.5 Å². The highest BCUT2D eigenvalue weighted by atomic mass is 16.2. The number of nitrogens with one attached hydrogen (secondary N) is 4. The van der Waals surface area contributed by atoms with Gasteiger partial charge in [0.2, 0.25) is 11.8 Å². The number of rotatable bonds is 10. The minimum Gasteiger partial charge on any atom is -0.352 e. The molecule has 2 rings (SSSR count). The maximum Gasteiger partial charge on any atom is 0.315 e. The first-order valence-electron chi connectivity index (χ1n) is 10.8. The van der Waals surface area contributed by atoms with Crippen LogP contribution in [0, 0.1) is 0 Å². The number of urea groups is 1. The molecular weight excluding hydrogens is 368 g/mol. The maximum absolute atomic E-state index is 12.0. The summed E-state index contributed by atoms with van der Waals surface area (Å²) in [6, 6.07) is 7.60. The minimum absolute atomic E-state index is 0.00887. The van der Waals surface area contributed by atoms with Crippen molar-refractivity contribution in [3.8, 4) is 0 Å². The van der Waals surface area contributed by atoms with E-state index in [1.165, 1.54) is 19.3 Å². The molecule has 0 atom stereocenters. The summed E-state index contributed by atoms with van der Waals surface area (Å²) >= 11 is 0. The van der Waals surface area contributed by atoms with Crippen molar-refractivity contribution < 1.29 is 14.4 Å². The molecule has 0 saturated heterocycles. The van der Waals surface area contributed by atoms with Crippen LogP contribution < -0.4 is 21.3 Å². The highest BCUT2D eigenvalue weighted by Gasteiger charge is 2.15. The summed E-state index contributed by atoms with van der Waals surface area (Å²) < 4.78 is 0. The van der Waals surface area contributed by atoms with Crippen LogP contribution in [0.2, 0.25) is 0 Å². The fraction of sp³-hybridized carbons (Fsp3) is 0.591. The van der Waals surface area contributed by atoms with Gasteiger partial charge in [0, 0.05) is 37.7 Å². The van der Waals surface area contributed by atoms with Gasteiger partial charge in [0.05, 0.1) is 0 Å². The Hall–Kier alpha value is -2.57. The van der Waals surface area contributed by atoms with Crippen LogP contribution in [0.15, 0.2) is 24.3 Å². The van der Waals surface area contributed by atoms with E-state index < -0.39 is 0 Å². The maximum atomic E-state index is 12.0. The lowest BCUT2D eigenvalue weighted by molar-refractivity contribution is -0.121. The minimum atomic E-state index is -0.136. The zero-order valence-electron chi connectivity index (χ0n) is 17.4. The van der Waals surface area contributed by atoms with Gasteiger partial charge in [0.15, 0.2) is 0 Å².